The number of aromatic nitrogens is 3. The summed E-state index contributed by atoms with van der Waals surface area (Å²) < 4.78 is 13.2. The van der Waals surface area contributed by atoms with Gasteiger partial charge in [0.25, 0.3) is 0 Å². The molecule has 2 aromatic heterocycles. The Morgan fingerprint density at radius 2 is 2.00 bits per heavy atom. The second-order valence-electron chi connectivity index (χ2n) is 10.1. The van der Waals surface area contributed by atoms with Crippen molar-refractivity contribution in [1.82, 2.24) is 14.6 Å². The Bertz CT molecular complexity index is 1080. The minimum atomic E-state index is -1.21. The van der Waals surface area contributed by atoms with E-state index in [1.54, 1.807) is 25.3 Å². The van der Waals surface area contributed by atoms with E-state index >= 15 is 0 Å². The van der Waals surface area contributed by atoms with Gasteiger partial charge in [0, 0.05) is 19.5 Å². The average molecular weight is 428 g/mol. The van der Waals surface area contributed by atoms with Gasteiger partial charge in [-0.1, -0.05) is 0 Å². The summed E-state index contributed by atoms with van der Waals surface area (Å²) in [5.41, 5.74) is -0.416. The summed E-state index contributed by atoms with van der Waals surface area (Å²) in [5.74, 6) is -2.39. The first-order valence-corrected chi connectivity index (χ1v) is 10.8. The number of ether oxygens (including phenoxy) is 2. The predicted octanol–water partition coefficient (Wildman–Crippen LogP) is 2.30. The number of carboxylic acids is 1. The molecule has 0 spiro atoms. The lowest BCUT2D eigenvalue weighted by Crippen LogP contribution is -2.61. The van der Waals surface area contributed by atoms with E-state index in [0.29, 0.717) is 11.5 Å². The fourth-order valence-electron chi connectivity index (χ4n) is 5.31. The van der Waals surface area contributed by atoms with Crippen LogP contribution in [0.4, 0.5) is 5.69 Å². The van der Waals surface area contributed by atoms with Crippen LogP contribution in [0, 0.1) is 18.3 Å². The summed E-state index contributed by atoms with van der Waals surface area (Å²) in [6.07, 6.45) is 4.49. The van der Waals surface area contributed by atoms with Gasteiger partial charge in [-0.25, -0.2) is 9.50 Å². The van der Waals surface area contributed by atoms with Crippen molar-refractivity contribution in [2.75, 3.05) is 24.6 Å². The Balaban J connectivity index is 1.52. The predicted molar refractivity (Wildman–Crippen MR) is 111 cm³/mol. The van der Waals surface area contributed by atoms with Gasteiger partial charge in [-0.15, -0.1) is 5.10 Å². The molecule has 0 radical (unpaired) electrons. The van der Waals surface area contributed by atoms with Gasteiger partial charge < -0.3 is 19.5 Å². The molecule has 5 heterocycles. The van der Waals surface area contributed by atoms with Crippen LogP contribution in [0.1, 0.15) is 51.4 Å². The number of hydrogen-bond acceptors (Lipinski definition) is 7. The number of hydrogen-bond donors (Lipinski definition) is 1. The molecule has 1 aliphatic carbocycles. The van der Waals surface area contributed by atoms with Crippen molar-refractivity contribution in [2.24, 2.45) is 11.3 Å². The van der Waals surface area contributed by atoms with Crippen molar-refractivity contribution in [3.05, 3.63) is 23.7 Å². The summed E-state index contributed by atoms with van der Waals surface area (Å²) in [5, 5.41) is 14.6. The molecule has 1 N–H and O–H groups in total. The molecule has 6 rings (SSSR count). The molecule has 3 saturated heterocycles. The van der Waals surface area contributed by atoms with Crippen molar-refractivity contribution in [2.45, 2.75) is 58.2 Å². The number of fused-ring (bicyclic) bond motifs is 2. The highest BCUT2D eigenvalue weighted by Crippen LogP contribution is 2.67. The summed E-state index contributed by atoms with van der Waals surface area (Å²) in [6.45, 7) is 9.29. The number of nitrogens with zero attached hydrogens (tertiary/aromatic N) is 4. The Hall–Kier alpha value is -2.68. The van der Waals surface area contributed by atoms with Crippen molar-refractivity contribution in [1.29, 1.82) is 0 Å². The van der Waals surface area contributed by atoms with Crippen LogP contribution in [0.5, 0.6) is 0 Å². The lowest BCUT2D eigenvalue weighted by atomic mass is 9.53. The number of carboxylic acid groups (broad SMARTS) is 1. The van der Waals surface area contributed by atoms with Crippen LogP contribution >= 0.6 is 0 Å². The van der Waals surface area contributed by atoms with E-state index in [-0.39, 0.29) is 13.0 Å². The van der Waals surface area contributed by atoms with E-state index < -0.39 is 34.5 Å². The molecular formula is C22H28N4O5. The smallest absolute Gasteiger partial charge is 0.316 e. The highest BCUT2D eigenvalue weighted by Gasteiger charge is 2.79. The average Bonchev–Trinajstić information content (AvgIpc) is 3.40. The molecule has 2 aromatic rings. The summed E-state index contributed by atoms with van der Waals surface area (Å²) in [7, 11) is 0. The van der Waals surface area contributed by atoms with Crippen molar-refractivity contribution in [3.63, 3.8) is 0 Å². The number of rotatable bonds is 4. The van der Waals surface area contributed by atoms with Gasteiger partial charge >= 0.3 is 11.9 Å². The number of aryl methyl sites for hydroxylation is 1. The monoisotopic (exact) mass is 428 g/mol. The molecule has 166 valence electrons. The normalized spacial score (nSPS) is 29.9. The Labute approximate surface area is 180 Å². The van der Waals surface area contributed by atoms with Gasteiger partial charge in [-0.2, -0.15) is 0 Å². The highest BCUT2D eigenvalue weighted by atomic mass is 16.6. The maximum absolute atomic E-state index is 12.9. The molecular weight excluding hydrogens is 400 g/mol. The standard InChI is InChI=1S/C22H28N4O5/c1-13-9-14(25-7-5-6-8-25)10-26-16(13)23-18(24-26)22-11-21(12-30-22,15(22)17(27)28)19(29)31-20(2,3)4/h9-10,15H,5-8,11-12H2,1-4H3,(H,27,28). The lowest BCUT2D eigenvalue weighted by molar-refractivity contribution is -0.194. The third-order valence-corrected chi connectivity index (χ3v) is 6.69. The maximum Gasteiger partial charge on any atom is 0.316 e. The summed E-state index contributed by atoms with van der Waals surface area (Å²) in [6, 6.07) is 2.09. The first kappa shape index (κ1) is 20.2. The van der Waals surface area contributed by atoms with E-state index in [1.807, 2.05) is 13.1 Å². The van der Waals surface area contributed by atoms with E-state index in [4.69, 9.17) is 9.47 Å². The zero-order valence-corrected chi connectivity index (χ0v) is 18.3. The van der Waals surface area contributed by atoms with Gasteiger partial charge in [0.15, 0.2) is 11.5 Å². The second kappa shape index (κ2) is 6.41. The van der Waals surface area contributed by atoms with Crippen LogP contribution in [0.2, 0.25) is 0 Å². The first-order valence-electron chi connectivity index (χ1n) is 10.8. The molecule has 3 aliphatic heterocycles. The quantitative estimate of drug-likeness (QED) is 0.740. The van der Waals surface area contributed by atoms with Gasteiger partial charge in [0.2, 0.25) is 0 Å². The van der Waals surface area contributed by atoms with Gasteiger partial charge in [0.1, 0.15) is 22.5 Å². The lowest BCUT2D eigenvalue weighted by Gasteiger charge is -2.47. The highest BCUT2D eigenvalue weighted by molar-refractivity contribution is 5.90. The van der Waals surface area contributed by atoms with E-state index in [9.17, 15) is 14.7 Å². The number of aliphatic carboxylic acids is 1. The first-order chi connectivity index (χ1) is 14.6. The molecule has 31 heavy (non-hydrogen) atoms. The van der Waals surface area contributed by atoms with E-state index in [1.165, 1.54) is 12.8 Å². The molecule has 3 unspecified atom stereocenters. The zero-order chi connectivity index (χ0) is 22.2. The molecule has 1 saturated carbocycles. The number of esters is 1. The molecule has 0 aromatic carbocycles. The third kappa shape index (κ3) is 2.86. The van der Waals surface area contributed by atoms with Gasteiger partial charge in [-0.3, -0.25) is 9.59 Å². The summed E-state index contributed by atoms with van der Waals surface area (Å²) >= 11 is 0. The minimum absolute atomic E-state index is 0.00750. The Kier molecular flexibility index (Phi) is 4.19. The fraction of sp³-hybridized carbons (Fsp3) is 0.636. The van der Waals surface area contributed by atoms with Crippen molar-refractivity contribution in [3.8, 4) is 0 Å². The van der Waals surface area contributed by atoms with Crippen molar-refractivity contribution < 1.29 is 24.2 Å². The number of pyridine rings is 1. The maximum atomic E-state index is 12.9. The van der Waals surface area contributed by atoms with Crippen LogP contribution < -0.4 is 4.90 Å². The summed E-state index contributed by atoms with van der Waals surface area (Å²) in [4.78, 5) is 32.1. The second-order valence-corrected chi connectivity index (χ2v) is 10.1. The minimum Gasteiger partial charge on any atom is -0.481 e. The topological polar surface area (TPSA) is 106 Å². The van der Waals surface area contributed by atoms with Crippen LogP contribution in [-0.4, -0.2) is 56.9 Å². The molecule has 9 heteroatoms. The molecule has 4 aliphatic rings. The fourth-order valence-corrected chi connectivity index (χ4v) is 5.31. The molecule has 2 bridgehead atoms. The number of carbonyl (C=O) groups excluding carboxylic acids is 1. The molecule has 3 atom stereocenters. The van der Waals surface area contributed by atoms with Crippen molar-refractivity contribution >= 4 is 23.3 Å². The van der Waals surface area contributed by atoms with Crippen LogP contribution in [0.25, 0.3) is 5.65 Å². The van der Waals surface area contributed by atoms with Crippen LogP contribution in [0.3, 0.4) is 0 Å². The number of anilines is 1. The molecule has 9 nitrogen and oxygen atoms in total. The number of carbonyl (C=O) groups is 2. The van der Waals surface area contributed by atoms with E-state index in [2.05, 4.69) is 21.0 Å². The Morgan fingerprint density at radius 1 is 1.29 bits per heavy atom. The van der Waals surface area contributed by atoms with Crippen LogP contribution in [-0.2, 0) is 24.7 Å². The molecule has 0 amide bonds. The third-order valence-electron chi connectivity index (χ3n) is 6.69. The van der Waals surface area contributed by atoms with Gasteiger partial charge in [-0.05, 0) is 52.2 Å². The SMILES string of the molecule is Cc1cc(N2CCCC2)cn2nc(C34CC(C(=O)OC(C)(C)C)(CO3)C4C(=O)O)nc12. The zero-order valence-electron chi connectivity index (χ0n) is 18.3. The Morgan fingerprint density at radius 3 is 2.65 bits per heavy atom. The largest absolute Gasteiger partial charge is 0.481 e. The van der Waals surface area contributed by atoms with Gasteiger partial charge in [0.05, 0.1) is 18.5 Å². The molecule has 4 fully saturated rings. The van der Waals surface area contributed by atoms with E-state index in [0.717, 1.165) is 24.3 Å². The van der Waals surface area contributed by atoms with Crippen LogP contribution in [0.15, 0.2) is 12.3 Å².